The van der Waals surface area contributed by atoms with E-state index in [1.807, 2.05) is 0 Å². The highest BCUT2D eigenvalue weighted by Gasteiger charge is 2.27. The van der Waals surface area contributed by atoms with Crippen molar-refractivity contribution in [2.45, 2.75) is 13.1 Å². The number of hydrogen-bond acceptors (Lipinski definition) is 3. The van der Waals surface area contributed by atoms with Crippen LogP contribution in [0.15, 0.2) is 18.2 Å². The van der Waals surface area contributed by atoms with Crippen molar-refractivity contribution in [2.75, 3.05) is 25.5 Å². The van der Waals surface area contributed by atoms with Gasteiger partial charge in [0.1, 0.15) is 6.61 Å². The Labute approximate surface area is 108 Å². The number of hydrogen-bond donors (Lipinski definition) is 2. The normalized spacial score (nSPS) is 11.4. The molecule has 0 spiro atoms. The molecular formula is C12H15F3N2O2. The molecule has 0 heterocycles. The Kier molecular flexibility index (Phi) is 5.17. The van der Waals surface area contributed by atoms with Crippen LogP contribution < -0.4 is 11.1 Å². The molecule has 0 fully saturated rings. The van der Waals surface area contributed by atoms with E-state index in [1.165, 1.54) is 0 Å². The molecule has 0 aliphatic carbocycles. The molecule has 7 heteroatoms. The Morgan fingerprint density at radius 1 is 1.42 bits per heavy atom. The first-order chi connectivity index (χ1) is 8.81. The minimum Gasteiger partial charge on any atom is -0.398 e. The molecule has 0 aliphatic rings. The number of carbonyl (C=O) groups excluding carboxylic acids is 1. The van der Waals surface area contributed by atoms with Gasteiger partial charge in [-0.2, -0.15) is 13.2 Å². The van der Waals surface area contributed by atoms with Crippen LogP contribution in [0.3, 0.4) is 0 Å². The molecule has 0 radical (unpaired) electrons. The number of carbonyl (C=O) groups is 1. The molecule has 1 aromatic rings. The molecule has 0 aliphatic heterocycles. The van der Waals surface area contributed by atoms with Crippen molar-refractivity contribution in [2.24, 2.45) is 0 Å². The summed E-state index contributed by atoms with van der Waals surface area (Å²) in [5.74, 6) is -0.389. The number of nitrogens with two attached hydrogens (primary N) is 1. The van der Waals surface area contributed by atoms with E-state index in [9.17, 15) is 18.0 Å². The van der Waals surface area contributed by atoms with Gasteiger partial charge in [-0.1, -0.05) is 6.07 Å². The van der Waals surface area contributed by atoms with Crippen LogP contribution in [0.1, 0.15) is 15.9 Å². The lowest BCUT2D eigenvalue weighted by Crippen LogP contribution is -2.29. The predicted octanol–water partition coefficient (Wildman–Crippen LogP) is 1.89. The fourth-order valence-electron chi connectivity index (χ4n) is 1.42. The van der Waals surface area contributed by atoms with Gasteiger partial charge in [0.25, 0.3) is 5.91 Å². The van der Waals surface area contributed by atoms with Gasteiger partial charge in [-0.15, -0.1) is 0 Å². The maximum atomic E-state index is 11.8. The van der Waals surface area contributed by atoms with E-state index in [4.69, 9.17) is 5.73 Å². The van der Waals surface area contributed by atoms with Crippen molar-refractivity contribution < 1.29 is 22.7 Å². The number of benzene rings is 1. The van der Waals surface area contributed by atoms with Gasteiger partial charge in [0.15, 0.2) is 0 Å². The lowest BCUT2D eigenvalue weighted by atomic mass is 10.1. The van der Waals surface area contributed by atoms with Crippen molar-refractivity contribution in [3.05, 3.63) is 29.3 Å². The summed E-state index contributed by atoms with van der Waals surface area (Å²) in [5.41, 5.74) is 7.17. The fourth-order valence-corrected chi connectivity index (χ4v) is 1.42. The van der Waals surface area contributed by atoms with Crippen molar-refractivity contribution in [1.29, 1.82) is 0 Å². The average molecular weight is 276 g/mol. The van der Waals surface area contributed by atoms with Crippen LogP contribution in [-0.4, -0.2) is 31.8 Å². The lowest BCUT2D eigenvalue weighted by Gasteiger charge is -2.10. The number of amides is 1. The topological polar surface area (TPSA) is 64.4 Å². The molecule has 1 amide bonds. The summed E-state index contributed by atoms with van der Waals surface area (Å²) in [6, 6.07) is 4.90. The van der Waals surface area contributed by atoms with E-state index in [0.717, 1.165) is 0 Å². The average Bonchev–Trinajstić information content (AvgIpc) is 2.30. The zero-order chi connectivity index (χ0) is 14.5. The largest absolute Gasteiger partial charge is 0.411 e. The zero-order valence-corrected chi connectivity index (χ0v) is 10.4. The second-order valence-electron chi connectivity index (χ2n) is 3.94. The van der Waals surface area contributed by atoms with Crippen LogP contribution >= 0.6 is 0 Å². The van der Waals surface area contributed by atoms with E-state index in [1.54, 1.807) is 25.1 Å². The van der Waals surface area contributed by atoms with Gasteiger partial charge >= 0.3 is 6.18 Å². The van der Waals surface area contributed by atoms with Crippen LogP contribution in [0.25, 0.3) is 0 Å². The van der Waals surface area contributed by atoms with Crippen LogP contribution in [-0.2, 0) is 4.74 Å². The minimum atomic E-state index is -4.35. The molecule has 19 heavy (non-hydrogen) atoms. The van der Waals surface area contributed by atoms with Crippen molar-refractivity contribution in [1.82, 2.24) is 5.32 Å². The maximum absolute atomic E-state index is 11.8. The zero-order valence-electron chi connectivity index (χ0n) is 10.4. The number of nitrogen functional groups attached to an aromatic ring is 1. The highest BCUT2D eigenvalue weighted by Crippen LogP contribution is 2.15. The molecule has 4 nitrogen and oxygen atoms in total. The fraction of sp³-hybridized carbons (Fsp3) is 0.417. The molecule has 0 atom stereocenters. The Bertz CT molecular complexity index is 447. The summed E-state index contributed by atoms with van der Waals surface area (Å²) in [4.78, 5) is 11.7. The maximum Gasteiger partial charge on any atom is 0.411 e. The van der Waals surface area contributed by atoms with Crippen molar-refractivity contribution >= 4 is 11.6 Å². The van der Waals surface area contributed by atoms with E-state index >= 15 is 0 Å². The first-order valence-corrected chi connectivity index (χ1v) is 5.59. The molecular weight excluding hydrogens is 261 g/mol. The van der Waals surface area contributed by atoms with Crippen LogP contribution in [0.2, 0.25) is 0 Å². The predicted molar refractivity (Wildman–Crippen MR) is 64.8 cm³/mol. The lowest BCUT2D eigenvalue weighted by molar-refractivity contribution is -0.173. The molecule has 106 valence electrons. The number of nitrogens with one attached hydrogen (secondary N) is 1. The Balaban J connectivity index is 2.38. The molecule has 0 saturated heterocycles. The third kappa shape index (κ3) is 5.17. The third-order valence-corrected chi connectivity index (χ3v) is 2.42. The van der Waals surface area contributed by atoms with E-state index < -0.39 is 12.8 Å². The molecule has 1 aromatic carbocycles. The van der Waals surface area contributed by atoms with E-state index in [-0.39, 0.29) is 19.1 Å². The summed E-state index contributed by atoms with van der Waals surface area (Å²) in [7, 11) is 0. The van der Waals surface area contributed by atoms with Gasteiger partial charge in [-0.3, -0.25) is 4.79 Å². The van der Waals surface area contributed by atoms with E-state index in [0.29, 0.717) is 16.8 Å². The van der Waals surface area contributed by atoms with Gasteiger partial charge in [-0.25, -0.2) is 0 Å². The highest BCUT2D eigenvalue weighted by atomic mass is 19.4. The Morgan fingerprint density at radius 3 is 2.74 bits per heavy atom. The summed E-state index contributed by atoms with van der Waals surface area (Å²) in [6.07, 6.45) is -4.35. The van der Waals surface area contributed by atoms with Crippen molar-refractivity contribution in [3.8, 4) is 0 Å². The molecule has 0 unspecified atom stereocenters. The number of alkyl halides is 3. The Morgan fingerprint density at radius 2 is 2.11 bits per heavy atom. The third-order valence-electron chi connectivity index (χ3n) is 2.42. The van der Waals surface area contributed by atoms with Gasteiger partial charge in [0.2, 0.25) is 0 Å². The number of halogens is 3. The monoisotopic (exact) mass is 276 g/mol. The van der Waals surface area contributed by atoms with Crippen LogP contribution in [0, 0.1) is 6.92 Å². The van der Waals surface area contributed by atoms with Crippen molar-refractivity contribution in [3.63, 3.8) is 0 Å². The first kappa shape index (κ1) is 15.3. The summed E-state index contributed by atoms with van der Waals surface area (Å²) >= 11 is 0. The molecule has 0 saturated carbocycles. The number of rotatable bonds is 5. The molecule has 0 aromatic heterocycles. The van der Waals surface area contributed by atoms with Gasteiger partial charge < -0.3 is 15.8 Å². The van der Waals surface area contributed by atoms with Crippen LogP contribution in [0.4, 0.5) is 18.9 Å². The standard InChI is InChI=1S/C12H15F3N2O2/c1-8-9(3-2-4-10(8)16)11(18)17-5-6-19-7-12(13,14)15/h2-4H,5-7,16H2,1H3,(H,17,18). The SMILES string of the molecule is Cc1c(N)cccc1C(=O)NCCOCC(F)(F)F. The van der Waals surface area contributed by atoms with Crippen LogP contribution in [0.5, 0.6) is 0 Å². The van der Waals surface area contributed by atoms with Gasteiger partial charge in [0, 0.05) is 17.8 Å². The minimum absolute atomic E-state index is 0.00313. The second kappa shape index (κ2) is 6.42. The number of ether oxygens (including phenoxy) is 1. The molecule has 1 rings (SSSR count). The first-order valence-electron chi connectivity index (χ1n) is 5.59. The smallest absolute Gasteiger partial charge is 0.398 e. The van der Waals surface area contributed by atoms with Gasteiger partial charge in [-0.05, 0) is 24.6 Å². The summed E-state index contributed by atoms with van der Waals surface area (Å²) in [6.45, 7) is 0.181. The van der Waals surface area contributed by atoms with Gasteiger partial charge in [0.05, 0.1) is 6.61 Å². The summed E-state index contributed by atoms with van der Waals surface area (Å²) < 4.78 is 39.7. The second-order valence-corrected chi connectivity index (χ2v) is 3.94. The molecule has 3 N–H and O–H groups in total. The Hall–Kier alpha value is -1.76. The highest BCUT2D eigenvalue weighted by molar-refractivity contribution is 5.96. The number of anilines is 1. The van der Waals surface area contributed by atoms with E-state index in [2.05, 4.69) is 10.1 Å². The molecule has 0 bridgehead atoms. The summed E-state index contributed by atoms with van der Waals surface area (Å²) in [5, 5.41) is 2.47. The quantitative estimate of drug-likeness (QED) is 0.637.